The van der Waals surface area contributed by atoms with Crippen molar-refractivity contribution in [2.24, 2.45) is 0 Å². The molecule has 0 saturated carbocycles. The van der Waals surface area contributed by atoms with Crippen LogP contribution in [-0.4, -0.2) is 24.5 Å². The molecule has 0 amide bonds. The second-order valence-electron chi connectivity index (χ2n) is 7.36. The van der Waals surface area contributed by atoms with Crippen LogP contribution in [0.2, 0.25) is 0 Å². The molecular weight excluding hydrogens is 409 g/mol. The number of rotatable bonds is 5. The van der Waals surface area contributed by atoms with Crippen molar-refractivity contribution in [1.82, 2.24) is 24.8 Å². The maximum atomic E-state index is 14.0. The van der Waals surface area contributed by atoms with Crippen LogP contribution in [0.25, 0.3) is 5.69 Å². The Labute approximate surface area is 185 Å². The van der Waals surface area contributed by atoms with Gasteiger partial charge in [0.25, 0.3) is 0 Å². The molecule has 2 atom stereocenters. The van der Waals surface area contributed by atoms with Crippen LogP contribution < -0.4 is 5.32 Å². The van der Waals surface area contributed by atoms with E-state index in [1.807, 2.05) is 65.4 Å². The van der Waals surface area contributed by atoms with Crippen LogP contribution in [-0.2, 0) is 6.54 Å². The smallest absolute Gasteiger partial charge is 0.170 e. The van der Waals surface area contributed by atoms with Gasteiger partial charge < -0.3 is 14.8 Å². The molecule has 1 aliphatic rings. The van der Waals surface area contributed by atoms with Crippen molar-refractivity contribution in [1.29, 1.82) is 0 Å². The van der Waals surface area contributed by atoms with E-state index < -0.39 is 0 Å². The first-order valence-corrected chi connectivity index (χ1v) is 10.4. The lowest BCUT2D eigenvalue weighted by Crippen LogP contribution is -2.30. The molecule has 4 heterocycles. The molecule has 0 aliphatic carbocycles. The number of hydrogen-bond donors (Lipinski definition) is 1. The number of halogens is 1. The summed E-state index contributed by atoms with van der Waals surface area (Å²) in [7, 11) is 0. The van der Waals surface area contributed by atoms with E-state index in [-0.39, 0.29) is 17.9 Å². The van der Waals surface area contributed by atoms with Crippen LogP contribution in [0.1, 0.15) is 29.2 Å². The molecule has 7 heteroatoms. The van der Waals surface area contributed by atoms with Crippen LogP contribution in [0.5, 0.6) is 0 Å². The molecule has 154 valence electrons. The predicted molar refractivity (Wildman–Crippen MR) is 121 cm³/mol. The molecule has 3 aromatic heterocycles. The Bertz CT molecular complexity index is 1190. The fourth-order valence-corrected chi connectivity index (χ4v) is 4.36. The van der Waals surface area contributed by atoms with Crippen LogP contribution in [0, 0.1) is 5.82 Å². The minimum atomic E-state index is -0.274. The van der Waals surface area contributed by atoms with Crippen molar-refractivity contribution in [3.63, 3.8) is 0 Å². The second-order valence-corrected chi connectivity index (χ2v) is 7.75. The summed E-state index contributed by atoms with van der Waals surface area (Å²) in [6.45, 7) is 0.551. The Morgan fingerprint density at radius 1 is 0.935 bits per heavy atom. The van der Waals surface area contributed by atoms with Gasteiger partial charge in [0.1, 0.15) is 5.82 Å². The number of thiocarbonyl (C=S) groups is 1. The minimum absolute atomic E-state index is 0.150. The third-order valence-electron chi connectivity index (χ3n) is 5.43. The number of benzene rings is 1. The summed E-state index contributed by atoms with van der Waals surface area (Å²) in [6, 6.07) is 22.0. The molecule has 1 fully saturated rings. The zero-order valence-corrected chi connectivity index (χ0v) is 17.4. The SMILES string of the molecule is Fc1cccc(-n2cccc2[C@H]2[C@H](c3ccccn3)NC(=S)N2Cc2ccccn2)c1. The van der Waals surface area contributed by atoms with E-state index in [1.165, 1.54) is 12.1 Å². The zero-order valence-electron chi connectivity index (χ0n) is 16.6. The Balaban J connectivity index is 1.61. The average molecular weight is 430 g/mol. The van der Waals surface area contributed by atoms with Crippen molar-refractivity contribution >= 4 is 17.3 Å². The molecule has 31 heavy (non-hydrogen) atoms. The van der Waals surface area contributed by atoms with Gasteiger partial charge in [0.05, 0.1) is 30.0 Å². The van der Waals surface area contributed by atoms with Gasteiger partial charge in [-0.05, 0) is 66.8 Å². The van der Waals surface area contributed by atoms with E-state index in [0.717, 1.165) is 22.8 Å². The molecule has 4 aromatic rings. The van der Waals surface area contributed by atoms with Gasteiger partial charge in [-0.3, -0.25) is 9.97 Å². The highest BCUT2D eigenvalue weighted by Gasteiger charge is 2.41. The molecule has 1 aromatic carbocycles. The normalized spacial score (nSPS) is 18.2. The standard InChI is InChI=1S/C24H20FN5S/c25-17-7-5-9-19(15-17)29-14-6-11-21(29)23-22(20-10-2-4-13-27-20)28-24(31)30(23)16-18-8-1-3-12-26-18/h1-15,22-23H,16H2,(H,28,31)/t22-,23-/m0/s1. The Hall–Kier alpha value is -3.58. The first-order valence-electron chi connectivity index (χ1n) is 10.0. The van der Waals surface area contributed by atoms with Crippen molar-refractivity contribution in [2.75, 3.05) is 0 Å². The third kappa shape index (κ3) is 3.80. The molecule has 1 aliphatic heterocycles. The predicted octanol–water partition coefficient (Wildman–Crippen LogP) is 4.58. The number of aromatic nitrogens is 3. The average Bonchev–Trinajstić information content (AvgIpc) is 3.40. The summed E-state index contributed by atoms with van der Waals surface area (Å²) in [5.41, 5.74) is 3.56. The van der Waals surface area contributed by atoms with E-state index in [0.29, 0.717) is 11.7 Å². The molecule has 1 N–H and O–H groups in total. The Morgan fingerprint density at radius 3 is 2.52 bits per heavy atom. The molecule has 0 unspecified atom stereocenters. The Kier molecular flexibility index (Phi) is 5.18. The highest BCUT2D eigenvalue weighted by molar-refractivity contribution is 7.80. The summed E-state index contributed by atoms with van der Waals surface area (Å²) >= 11 is 5.74. The molecule has 5 nitrogen and oxygen atoms in total. The third-order valence-corrected chi connectivity index (χ3v) is 5.78. The van der Waals surface area contributed by atoms with Gasteiger partial charge in [-0.1, -0.05) is 18.2 Å². The topological polar surface area (TPSA) is 46.0 Å². The van der Waals surface area contributed by atoms with Crippen molar-refractivity contribution in [2.45, 2.75) is 18.6 Å². The summed E-state index contributed by atoms with van der Waals surface area (Å²) in [4.78, 5) is 11.2. The lowest BCUT2D eigenvalue weighted by Gasteiger charge is -2.28. The highest BCUT2D eigenvalue weighted by Crippen LogP contribution is 2.40. The summed E-state index contributed by atoms with van der Waals surface area (Å²) in [5, 5.41) is 4.09. The zero-order chi connectivity index (χ0) is 21.2. The second kappa shape index (κ2) is 8.28. The van der Waals surface area contributed by atoms with Gasteiger partial charge in [0.2, 0.25) is 0 Å². The first kappa shape index (κ1) is 19.4. The highest BCUT2D eigenvalue weighted by atomic mass is 32.1. The molecular formula is C24H20FN5S. The van der Waals surface area contributed by atoms with E-state index in [2.05, 4.69) is 20.2 Å². The number of pyridine rings is 2. The number of hydrogen-bond acceptors (Lipinski definition) is 3. The van der Waals surface area contributed by atoms with Crippen LogP contribution in [0.15, 0.2) is 91.4 Å². The first-order chi connectivity index (χ1) is 15.2. The molecule has 0 bridgehead atoms. The lowest BCUT2D eigenvalue weighted by molar-refractivity contribution is 0.299. The van der Waals surface area contributed by atoms with Gasteiger partial charge in [-0.2, -0.15) is 0 Å². The lowest BCUT2D eigenvalue weighted by atomic mass is 10.0. The fourth-order valence-electron chi connectivity index (χ4n) is 4.06. The van der Waals surface area contributed by atoms with Gasteiger partial charge in [-0.15, -0.1) is 0 Å². The summed E-state index contributed by atoms with van der Waals surface area (Å²) in [6.07, 6.45) is 5.51. The molecule has 5 rings (SSSR count). The van der Waals surface area contributed by atoms with Gasteiger partial charge in [-0.25, -0.2) is 4.39 Å². The van der Waals surface area contributed by atoms with Crippen molar-refractivity contribution < 1.29 is 4.39 Å². The van der Waals surface area contributed by atoms with Crippen LogP contribution in [0.4, 0.5) is 4.39 Å². The molecule has 0 radical (unpaired) electrons. The maximum absolute atomic E-state index is 14.0. The summed E-state index contributed by atoms with van der Waals surface area (Å²) < 4.78 is 16.0. The van der Waals surface area contributed by atoms with E-state index in [9.17, 15) is 4.39 Å². The van der Waals surface area contributed by atoms with E-state index in [4.69, 9.17) is 12.2 Å². The Morgan fingerprint density at radius 2 is 1.77 bits per heavy atom. The molecule has 0 spiro atoms. The van der Waals surface area contributed by atoms with Gasteiger partial charge in [0, 0.05) is 30.0 Å². The quantitative estimate of drug-likeness (QED) is 0.471. The van der Waals surface area contributed by atoms with Crippen LogP contribution in [0.3, 0.4) is 0 Å². The summed E-state index contributed by atoms with van der Waals surface area (Å²) in [5.74, 6) is -0.274. The van der Waals surface area contributed by atoms with Crippen molar-refractivity contribution in [3.05, 3.63) is 114 Å². The van der Waals surface area contributed by atoms with Crippen LogP contribution >= 0.6 is 12.2 Å². The maximum Gasteiger partial charge on any atom is 0.170 e. The monoisotopic (exact) mass is 429 g/mol. The number of nitrogens with one attached hydrogen (secondary N) is 1. The van der Waals surface area contributed by atoms with Gasteiger partial charge >= 0.3 is 0 Å². The minimum Gasteiger partial charge on any atom is -0.352 e. The van der Waals surface area contributed by atoms with E-state index >= 15 is 0 Å². The largest absolute Gasteiger partial charge is 0.352 e. The van der Waals surface area contributed by atoms with Gasteiger partial charge in [0.15, 0.2) is 5.11 Å². The fraction of sp³-hybridized carbons (Fsp3) is 0.125. The van der Waals surface area contributed by atoms with Crippen molar-refractivity contribution in [3.8, 4) is 5.69 Å². The van der Waals surface area contributed by atoms with E-state index in [1.54, 1.807) is 18.5 Å². The number of nitrogens with zero attached hydrogens (tertiary/aromatic N) is 4. The molecule has 1 saturated heterocycles.